The van der Waals surface area contributed by atoms with E-state index >= 15 is 0 Å². The molecule has 0 unspecified atom stereocenters. The average molecular weight is 255 g/mol. The van der Waals surface area contributed by atoms with Gasteiger partial charge < -0.3 is 9.64 Å². The Morgan fingerprint density at radius 3 is 2.39 bits per heavy atom. The second-order valence-electron chi connectivity index (χ2n) is 6.60. The summed E-state index contributed by atoms with van der Waals surface area (Å²) >= 11 is 0. The van der Waals surface area contributed by atoms with E-state index in [1.807, 2.05) is 6.92 Å². The molecule has 0 saturated carbocycles. The number of hydrogen-bond acceptors (Lipinski definition) is 3. The summed E-state index contributed by atoms with van der Waals surface area (Å²) in [5.41, 5.74) is 0.418. The second-order valence-corrected chi connectivity index (χ2v) is 6.60. The molecular formula is C15H29NO2. The van der Waals surface area contributed by atoms with Gasteiger partial charge in [0.1, 0.15) is 0 Å². The van der Waals surface area contributed by atoms with Crippen molar-refractivity contribution in [1.29, 1.82) is 0 Å². The van der Waals surface area contributed by atoms with E-state index < -0.39 is 0 Å². The van der Waals surface area contributed by atoms with Crippen molar-refractivity contribution in [2.45, 2.75) is 53.4 Å². The molecule has 3 nitrogen and oxygen atoms in total. The molecule has 0 spiro atoms. The SMILES string of the molecule is CCOC(=O)CC1CCN(CCC(C)(C)C)CC1. The molecule has 1 aliphatic rings. The molecule has 0 aliphatic carbocycles. The normalized spacial score (nSPS) is 18.9. The lowest BCUT2D eigenvalue weighted by atomic mass is 9.90. The van der Waals surface area contributed by atoms with Crippen molar-refractivity contribution in [2.24, 2.45) is 11.3 Å². The van der Waals surface area contributed by atoms with Gasteiger partial charge in [0.2, 0.25) is 0 Å². The number of piperidine rings is 1. The highest BCUT2D eigenvalue weighted by atomic mass is 16.5. The van der Waals surface area contributed by atoms with Gasteiger partial charge >= 0.3 is 5.97 Å². The van der Waals surface area contributed by atoms with Gasteiger partial charge in [0.25, 0.3) is 0 Å². The smallest absolute Gasteiger partial charge is 0.306 e. The lowest BCUT2D eigenvalue weighted by Gasteiger charge is -2.33. The molecular weight excluding hydrogens is 226 g/mol. The Bertz CT molecular complexity index is 250. The number of nitrogens with zero attached hydrogens (tertiary/aromatic N) is 1. The number of carbonyl (C=O) groups is 1. The molecule has 1 heterocycles. The van der Waals surface area contributed by atoms with Crippen LogP contribution < -0.4 is 0 Å². The second kappa shape index (κ2) is 7.13. The van der Waals surface area contributed by atoms with Crippen molar-refractivity contribution in [2.75, 3.05) is 26.2 Å². The van der Waals surface area contributed by atoms with Crippen LogP contribution in [0.25, 0.3) is 0 Å². The van der Waals surface area contributed by atoms with Crippen molar-refractivity contribution in [3.05, 3.63) is 0 Å². The maximum atomic E-state index is 11.4. The lowest BCUT2D eigenvalue weighted by molar-refractivity contribution is -0.144. The minimum Gasteiger partial charge on any atom is -0.466 e. The minimum atomic E-state index is -0.0226. The Morgan fingerprint density at radius 1 is 1.28 bits per heavy atom. The fourth-order valence-corrected chi connectivity index (χ4v) is 2.36. The van der Waals surface area contributed by atoms with Gasteiger partial charge in [-0.15, -0.1) is 0 Å². The molecule has 0 N–H and O–H groups in total. The van der Waals surface area contributed by atoms with Crippen molar-refractivity contribution < 1.29 is 9.53 Å². The molecule has 0 radical (unpaired) electrons. The number of rotatable bonds is 5. The summed E-state index contributed by atoms with van der Waals surface area (Å²) in [5, 5.41) is 0. The van der Waals surface area contributed by atoms with Crippen molar-refractivity contribution in [1.82, 2.24) is 4.90 Å². The maximum Gasteiger partial charge on any atom is 0.306 e. The van der Waals surface area contributed by atoms with E-state index in [0.717, 1.165) is 25.9 Å². The van der Waals surface area contributed by atoms with Crippen LogP contribution in [0.5, 0.6) is 0 Å². The summed E-state index contributed by atoms with van der Waals surface area (Å²) in [6, 6.07) is 0. The van der Waals surface area contributed by atoms with E-state index in [4.69, 9.17) is 4.74 Å². The summed E-state index contributed by atoms with van der Waals surface area (Å²) in [6.07, 6.45) is 4.14. The van der Waals surface area contributed by atoms with Gasteiger partial charge in [-0.2, -0.15) is 0 Å². The first-order valence-electron chi connectivity index (χ1n) is 7.28. The van der Waals surface area contributed by atoms with E-state index in [-0.39, 0.29) is 5.97 Å². The van der Waals surface area contributed by atoms with Crippen LogP contribution in [0.1, 0.15) is 53.4 Å². The van der Waals surface area contributed by atoms with Gasteiger partial charge in [-0.1, -0.05) is 20.8 Å². The largest absolute Gasteiger partial charge is 0.466 e. The van der Waals surface area contributed by atoms with Gasteiger partial charge in [-0.05, 0) is 57.2 Å². The predicted molar refractivity (Wildman–Crippen MR) is 74.5 cm³/mol. The number of carbonyl (C=O) groups excluding carboxylic acids is 1. The molecule has 0 atom stereocenters. The molecule has 1 saturated heterocycles. The first kappa shape index (κ1) is 15.5. The van der Waals surface area contributed by atoms with E-state index in [1.54, 1.807) is 0 Å². The van der Waals surface area contributed by atoms with Crippen molar-refractivity contribution >= 4 is 5.97 Å². The van der Waals surface area contributed by atoms with Crippen LogP contribution in [0.4, 0.5) is 0 Å². The van der Waals surface area contributed by atoms with E-state index in [2.05, 4.69) is 25.7 Å². The summed E-state index contributed by atoms with van der Waals surface area (Å²) < 4.78 is 5.01. The third-order valence-electron chi connectivity index (χ3n) is 3.65. The Kier molecular flexibility index (Phi) is 6.13. The number of likely N-dealkylation sites (tertiary alicyclic amines) is 1. The Hall–Kier alpha value is -0.570. The van der Waals surface area contributed by atoms with E-state index in [0.29, 0.717) is 24.4 Å². The summed E-state index contributed by atoms with van der Waals surface area (Å²) in [7, 11) is 0. The van der Waals surface area contributed by atoms with Gasteiger partial charge in [-0.25, -0.2) is 0 Å². The number of hydrogen-bond donors (Lipinski definition) is 0. The summed E-state index contributed by atoms with van der Waals surface area (Å²) in [5.74, 6) is 0.514. The van der Waals surface area contributed by atoms with Crippen molar-refractivity contribution in [3.8, 4) is 0 Å². The number of ether oxygens (including phenoxy) is 1. The maximum absolute atomic E-state index is 11.4. The average Bonchev–Trinajstić information content (AvgIpc) is 2.27. The number of esters is 1. The highest BCUT2D eigenvalue weighted by molar-refractivity contribution is 5.69. The van der Waals surface area contributed by atoms with Gasteiger partial charge in [0.05, 0.1) is 6.61 Å². The fourth-order valence-electron chi connectivity index (χ4n) is 2.36. The molecule has 1 rings (SSSR count). The zero-order valence-corrected chi connectivity index (χ0v) is 12.5. The molecule has 0 bridgehead atoms. The van der Waals surface area contributed by atoms with Gasteiger partial charge in [0.15, 0.2) is 0 Å². The van der Waals surface area contributed by atoms with Crippen LogP contribution in [0, 0.1) is 11.3 Å². The van der Waals surface area contributed by atoms with Gasteiger partial charge in [0, 0.05) is 6.42 Å². The standard InChI is InChI=1S/C15H29NO2/c1-5-18-14(17)12-13-6-9-16(10-7-13)11-8-15(2,3)4/h13H,5-12H2,1-4H3. The van der Waals surface area contributed by atoms with Crippen LogP contribution in [0.2, 0.25) is 0 Å². The molecule has 18 heavy (non-hydrogen) atoms. The van der Waals surface area contributed by atoms with Crippen LogP contribution >= 0.6 is 0 Å². The van der Waals surface area contributed by atoms with Crippen LogP contribution in [0.3, 0.4) is 0 Å². The van der Waals surface area contributed by atoms with Crippen molar-refractivity contribution in [3.63, 3.8) is 0 Å². The van der Waals surface area contributed by atoms with Gasteiger partial charge in [-0.3, -0.25) is 4.79 Å². The van der Waals surface area contributed by atoms with E-state index in [9.17, 15) is 4.79 Å². The predicted octanol–water partition coefficient (Wildman–Crippen LogP) is 3.09. The molecule has 0 aromatic heterocycles. The monoisotopic (exact) mass is 255 g/mol. The quantitative estimate of drug-likeness (QED) is 0.707. The first-order valence-corrected chi connectivity index (χ1v) is 7.28. The topological polar surface area (TPSA) is 29.5 Å². The zero-order valence-electron chi connectivity index (χ0n) is 12.5. The zero-order chi connectivity index (χ0) is 13.6. The van der Waals surface area contributed by atoms with E-state index in [1.165, 1.54) is 13.0 Å². The van der Waals surface area contributed by atoms with Crippen LogP contribution in [0.15, 0.2) is 0 Å². The minimum absolute atomic E-state index is 0.0226. The van der Waals surface area contributed by atoms with Crippen LogP contribution in [-0.4, -0.2) is 37.1 Å². The molecule has 0 aromatic carbocycles. The molecule has 0 aromatic rings. The Labute approximate surface area is 112 Å². The lowest BCUT2D eigenvalue weighted by Crippen LogP contribution is -2.36. The highest BCUT2D eigenvalue weighted by Gasteiger charge is 2.22. The molecule has 0 amide bonds. The molecule has 1 aliphatic heterocycles. The molecule has 1 fully saturated rings. The summed E-state index contributed by atoms with van der Waals surface area (Å²) in [6.45, 7) is 12.7. The van der Waals surface area contributed by atoms with Crippen LogP contribution in [-0.2, 0) is 9.53 Å². The Morgan fingerprint density at radius 2 is 1.89 bits per heavy atom. The highest BCUT2D eigenvalue weighted by Crippen LogP contribution is 2.24. The third-order valence-corrected chi connectivity index (χ3v) is 3.65. The third kappa shape index (κ3) is 6.39. The first-order chi connectivity index (χ1) is 8.40. The molecule has 106 valence electrons. The summed E-state index contributed by atoms with van der Waals surface area (Å²) in [4.78, 5) is 13.9. The Balaban J connectivity index is 2.18. The fraction of sp³-hybridized carbons (Fsp3) is 0.933. The molecule has 3 heteroatoms.